The molecule has 0 aliphatic carbocycles. The molecule has 10 aromatic carbocycles. The minimum absolute atomic E-state index is 0.902. The quantitative estimate of drug-likeness (QED) is 0.167. The van der Waals surface area contributed by atoms with E-state index in [1.165, 1.54) is 64.0 Å². The van der Waals surface area contributed by atoms with Gasteiger partial charge in [0, 0.05) is 47.5 Å². The minimum atomic E-state index is 0.902. The van der Waals surface area contributed by atoms with Crippen LogP contribution in [0.1, 0.15) is 0 Å². The zero-order chi connectivity index (χ0) is 38.6. The van der Waals surface area contributed by atoms with E-state index in [-0.39, 0.29) is 0 Å². The zero-order valence-corrected chi connectivity index (χ0v) is 32.5. The lowest BCUT2D eigenvalue weighted by molar-refractivity contribution is 0.634. The number of thiophene rings is 1. The van der Waals surface area contributed by atoms with Gasteiger partial charge in [-0.1, -0.05) is 146 Å². The highest BCUT2D eigenvalue weighted by molar-refractivity contribution is 7.26. The Balaban J connectivity index is 1.05. The van der Waals surface area contributed by atoms with Crippen LogP contribution in [0.3, 0.4) is 0 Å². The first-order chi connectivity index (χ1) is 29.2. The molecule has 2 nitrogen and oxygen atoms in total. The highest BCUT2D eigenvalue weighted by Gasteiger charge is 2.26. The zero-order valence-electron chi connectivity index (χ0n) is 31.7. The molecule has 0 saturated carbocycles. The molecule has 0 aliphatic rings. The Morgan fingerprint density at radius 2 is 0.949 bits per heavy atom. The third-order valence-corrected chi connectivity index (χ3v) is 13.4. The molecule has 274 valence electrons. The van der Waals surface area contributed by atoms with Gasteiger partial charge in [0.15, 0.2) is 0 Å². The van der Waals surface area contributed by atoms with Crippen LogP contribution in [0, 0.1) is 0 Å². The Bertz CT molecular complexity index is 3790. The van der Waals surface area contributed by atoms with Crippen LogP contribution in [0.15, 0.2) is 203 Å². The molecule has 0 spiro atoms. The van der Waals surface area contributed by atoms with Gasteiger partial charge in [-0.25, -0.2) is 0 Å². The summed E-state index contributed by atoms with van der Waals surface area (Å²) < 4.78 is 15.9. The van der Waals surface area contributed by atoms with Crippen LogP contribution < -0.4 is 0 Å². The van der Waals surface area contributed by atoms with E-state index >= 15 is 0 Å². The second-order valence-electron chi connectivity index (χ2n) is 15.5. The van der Waals surface area contributed by atoms with Crippen molar-refractivity contribution < 1.29 is 8.83 Å². The topological polar surface area (TPSA) is 26.3 Å². The monoisotopic (exact) mass is 768 g/mol. The number of fused-ring (bicyclic) bond motifs is 11. The first kappa shape index (κ1) is 32.6. The van der Waals surface area contributed by atoms with Crippen LogP contribution in [0.5, 0.6) is 0 Å². The molecule has 0 radical (unpaired) electrons. The molecule has 0 amide bonds. The van der Waals surface area contributed by atoms with E-state index < -0.39 is 0 Å². The molecule has 0 aliphatic heterocycles. The number of para-hydroxylation sites is 1. The summed E-state index contributed by atoms with van der Waals surface area (Å²) in [6.07, 6.45) is 0. The number of rotatable bonds is 4. The van der Waals surface area contributed by atoms with Gasteiger partial charge in [-0.15, -0.1) is 11.3 Å². The van der Waals surface area contributed by atoms with Gasteiger partial charge in [0.05, 0.1) is 0 Å². The Morgan fingerprint density at radius 3 is 1.75 bits per heavy atom. The largest absolute Gasteiger partial charge is 0.456 e. The highest BCUT2D eigenvalue weighted by Crippen LogP contribution is 2.52. The van der Waals surface area contributed by atoms with E-state index in [0.29, 0.717) is 0 Å². The van der Waals surface area contributed by atoms with Crippen molar-refractivity contribution in [3.05, 3.63) is 194 Å². The molecule has 0 saturated heterocycles. The summed E-state index contributed by atoms with van der Waals surface area (Å²) in [5, 5.41) is 13.1. The maximum absolute atomic E-state index is 7.16. The molecular formula is C56H32O2S. The van der Waals surface area contributed by atoms with Crippen LogP contribution in [-0.2, 0) is 0 Å². The van der Waals surface area contributed by atoms with Gasteiger partial charge in [-0.2, -0.15) is 0 Å². The predicted octanol–water partition coefficient (Wildman–Crippen LogP) is 16.8. The van der Waals surface area contributed by atoms with Gasteiger partial charge in [0.2, 0.25) is 0 Å². The summed E-state index contributed by atoms with van der Waals surface area (Å²) in [4.78, 5) is 0. The van der Waals surface area contributed by atoms with E-state index in [1.54, 1.807) is 0 Å². The third kappa shape index (κ3) is 4.86. The van der Waals surface area contributed by atoms with Crippen molar-refractivity contribution >= 4 is 96.7 Å². The van der Waals surface area contributed by atoms with Crippen LogP contribution in [-0.4, -0.2) is 0 Å². The summed E-state index contributed by atoms with van der Waals surface area (Å²) in [5.41, 5.74) is 10.9. The van der Waals surface area contributed by atoms with Crippen molar-refractivity contribution in [3.8, 4) is 44.7 Å². The maximum atomic E-state index is 7.16. The Labute approximate surface area is 342 Å². The minimum Gasteiger partial charge on any atom is -0.456 e. The summed E-state index contributed by atoms with van der Waals surface area (Å²) in [5.74, 6) is 0.902. The van der Waals surface area contributed by atoms with Gasteiger partial charge >= 0.3 is 0 Å². The van der Waals surface area contributed by atoms with Gasteiger partial charge in [0.25, 0.3) is 0 Å². The normalized spacial score (nSPS) is 12.1. The summed E-state index contributed by atoms with van der Waals surface area (Å²) in [6, 6.07) is 70.2. The molecule has 0 fully saturated rings. The van der Waals surface area contributed by atoms with Crippen molar-refractivity contribution in [2.75, 3.05) is 0 Å². The standard InChI is InChI=1S/C56H32O2S/c1-2-13-33(14-3-1)52-54-48(28-27-45-40-18-9-11-24-50(40)59-56(45)54)58-55(52)53-43-21-6-4-19-41(43)51(42-20-5-7-22-44(42)53)37-16-12-15-34(29-37)35-25-26-36-32-49-46(31-38(36)30-35)39-17-8-10-23-47(39)57-49/h1-32H. The molecule has 0 bridgehead atoms. The Kier molecular flexibility index (Phi) is 6.92. The van der Waals surface area contributed by atoms with Crippen LogP contribution in [0.4, 0.5) is 0 Å². The molecule has 3 heteroatoms. The molecule has 3 aromatic heterocycles. The number of furan rings is 2. The number of hydrogen-bond donors (Lipinski definition) is 0. The van der Waals surface area contributed by atoms with Crippen molar-refractivity contribution in [3.63, 3.8) is 0 Å². The second-order valence-corrected chi connectivity index (χ2v) is 16.6. The fraction of sp³-hybridized carbons (Fsp3) is 0. The highest BCUT2D eigenvalue weighted by atomic mass is 32.1. The molecule has 0 unspecified atom stereocenters. The molecule has 0 atom stereocenters. The lowest BCUT2D eigenvalue weighted by Gasteiger charge is -2.18. The smallest absolute Gasteiger partial charge is 0.144 e. The van der Waals surface area contributed by atoms with Gasteiger partial charge in [-0.3, -0.25) is 0 Å². The third-order valence-electron chi connectivity index (χ3n) is 12.2. The van der Waals surface area contributed by atoms with Crippen molar-refractivity contribution in [1.29, 1.82) is 0 Å². The van der Waals surface area contributed by atoms with Crippen molar-refractivity contribution in [2.24, 2.45) is 0 Å². The second kappa shape index (κ2) is 12.5. The lowest BCUT2D eigenvalue weighted by atomic mass is 9.85. The van der Waals surface area contributed by atoms with E-state index in [2.05, 4.69) is 182 Å². The van der Waals surface area contributed by atoms with E-state index in [0.717, 1.165) is 66.1 Å². The number of hydrogen-bond acceptors (Lipinski definition) is 3. The molecular weight excluding hydrogens is 737 g/mol. The first-order valence-electron chi connectivity index (χ1n) is 20.1. The molecule has 13 rings (SSSR count). The van der Waals surface area contributed by atoms with Gasteiger partial charge in [0.1, 0.15) is 22.5 Å². The van der Waals surface area contributed by atoms with Crippen LogP contribution >= 0.6 is 11.3 Å². The summed E-state index contributed by atoms with van der Waals surface area (Å²) in [7, 11) is 0. The average molecular weight is 769 g/mol. The van der Waals surface area contributed by atoms with Gasteiger partial charge in [-0.05, 0) is 109 Å². The Morgan fingerprint density at radius 1 is 0.305 bits per heavy atom. The fourth-order valence-corrected chi connectivity index (χ4v) is 10.9. The lowest BCUT2D eigenvalue weighted by Crippen LogP contribution is -1.91. The van der Waals surface area contributed by atoms with E-state index in [9.17, 15) is 0 Å². The summed E-state index contributed by atoms with van der Waals surface area (Å²) in [6.45, 7) is 0. The van der Waals surface area contributed by atoms with Crippen LogP contribution in [0.2, 0.25) is 0 Å². The van der Waals surface area contributed by atoms with E-state index in [1.807, 2.05) is 23.5 Å². The first-order valence-corrected chi connectivity index (χ1v) is 20.9. The van der Waals surface area contributed by atoms with Crippen LogP contribution in [0.25, 0.3) is 130 Å². The van der Waals surface area contributed by atoms with Crippen molar-refractivity contribution in [1.82, 2.24) is 0 Å². The predicted molar refractivity (Wildman–Crippen MR) is 251 cm³/mol. The summed E-state index contributed by atoms with van der Waals surface area (Å²) >= 11 is 1.85. The van der Waals surface area contributed by atoms with Crippen molar-refractivity contribution in [2.45, 2.75) is 0 Å². The van der Waals surface area contributed by atoms with Gasteiger partial charge < -0.3 is 8.83 Å². The molecule has 0 N–H and O–H groups in total. The molecule has 13 aromatic rings. The molecule has 59 heavy (non-hydrogen) atoms. The van der Waals surface area contributed by atoms with E-state index in [4.69, 9.17) is 8.83 Å². The fourth-order valence-electron chi connectivity index (χ4n) is 9.61. The Hall–Kier alpha value is -7.46. The molecule has 3 heterocycles. The average Bonchev–Trinajstić information content (AvgIpc) is 3.98. The SMILES string of the molecule is c1ccc(-c2c(-c3c4ccccc4c(-c4cccc(-c5ccc6cc7oc8ccccc8c7cc6c5)c4)c4ccccc34)oc3ccc4c5ccccc5sc4c23)cc1. The maximum Gasteiger partial charge on any atom is 0.144 e. The number of benzene rings is 10.